The molecule has 0 aliphatic rings. The molecule has 1 N–H and O–H groups in total. The van der Waals surface area contributed by atoms with Crippen molar-refractivity contribution in [2.45, 2.75) is 58.0 Å². The highest BCUT2D eigenvalue weighted by Gasteiger charge is 2.34. The van der Waals surface area contributed by atoms with Crippen LogP contribution in [0.1, 0.15) is 43.4 Å². The highest BCUT2D eigenvalue weighted by atomic mass is 32.2. The standard InChI is InChI=1S/C31H39N3O5S/c1-6-19-32-31(36)28(7-2)33(21-25-14-16-26(39-5)17-15-25)30(35)22-34(29-18-13-23(3)20-24(29)4)40(37,38)27-11-9-8-10-12-27/h8-18,20,28H,6-7,19,21-22H2,1-5H3,(H,32,36)/t28-/m1/s1. The summed E-state index contributed by atoms with van der Waals surface area (Å²) in [6.45, 7) is 7.70. The Labute approximate surface area is 238 Å². The van der Waals surface area contributed by atoms with Crippen molar-refractivity contribution in [1.82, 2.24) is 10.2 Å². The minimum Gasteiger partial charge on any atom is -0.497 e. The highest BCUT2D eigenvalue weighted by molar-refractivity contribution is 7.92. The van der Waals surface area contributed by atoms with Gasteiger partial charge in [-0.3, -0.25) is 13.9 Å². The van der Waals surface area contributed by atoms with Gasteiger partial charge < -0.3 is 15.0 Å². The summed E-state index contributed by atoms with van der Waals surface area (Å²) in [4.78, 5) is 28.8. The number of hydrogen-bond donors (Lipinski definition) is 1. The SMILES string of the molecule is CCCNC(=O)[C@@H](CC)N(Cc1ccc(OC)cc1)C(=O)CN(c1ccc(C)cc1C)S(=O)(=O)c1ccccc1. The number of carbonyl (C=O) groups excluding carboxylic acids is 2. The molecule has 8 nitrogen and oxygen atoms in total. The Morgan fingerprint density at radius 1 is 0.950 bits per heavy atom. The lowest BCUT2D eigenvalue weighted by molar-refractivity contribution is -0.140. The molecular weight excluding hydrogens is 526 g/mol. The molecule has 0 radical (unpaired) electrons. The molecule has 3 aromatic carbocycles. The average molecular weight is 566 g/mol. The molecular formula is C31H39N3O5S. The normalized spacial score (nSPS) is 11.9. The van der Waals surface area contributed by atoms with E-state index in [1.165, 1.54) is 17.0 Å². The van der Waals surface area contributed by atoms with Crippen LogP contribution in [-0.4, -0.2) is 51.4 Å². The van der Waals surface area contributed by atoms with Crippen molar-refractivity contribution in [2.75, 3.05) is 24.5 Å². The van der Waals surface area contributed by atoms with Gasteiger partial charge in [0.1, 0.15) is 18.3 Å². The first-order valence-electron chi connectivity index (χ1n) is 13.5. The molecule has 0 aliphatic carbocycles. The van der Waals surface area contributed by atoms with Gasteiger partial charge in [-0.25, -0.2) is 8.42 Å². The first-order valence-corrected chi connectivity index (χ1v) is 14.9. The Morgan fingerprint density at radius 3 is 2.20 bits per heavy atom. The van der Waals surface area contributed by atoms with Crippen LogP contribution in [0.4, 0.5) is 5.69 Å². The lowest BCUT2D eigenvalue weighted by Crippen LogP contribution is -2.52. The van der Waals surface area contributed by atoms with Crippen LogP contribution in [-0.2, 0) is 26.2 Å². The Bertz CT molecular complexity index is 1390. The molecule has 0 saturated carbocycles. The second-order valence-corrected chi connectivity index (χ2v) is 11.6. The van der Waals surface area contributed by atoms with Gasteiger partial charge in [-0.05, 0) is 68.1 Å². The van der Waals surface area contributed by atoms with Crippen molar-refractivity contribution in [3.63, 3.8) is 0 Å². The highest BCUT2D eigenvalue weighted by Crippen LogP contribution is 2.28. The number of nitrogens with zero attached hydrogens (tertiary/aromatic N) is 2. The van der Waals surface area contributed by atoms with Gasteiger partial charge in [0.2, 0.25) is 11.8 Å². The molecule has 0 aromatic heterocycles. The molecule has 0 fully saturated rings. The van der Waals surface area contributed by atoms with E-state index in [0.717, 1.165) is 27.4 Å². The third kappa shape index (κ3) is 7.41. The van der Waals surface area contributed by atoms with Crippen molar-refractivity contribution in [3.8, 4) is 5.75 Å². The fourth-order valence-corrected chi connectivity index (χ4v) is 6.03. The first-order chi connectivity index (χ1) is 19.1. The molecule has 2 amide bonds. The average Bonchev–Trinajstić information content (AvgIpc) is 2.95. The molecule has 0 unspecified atom stereocenters. The van der Waals surface area contributed by atoms with Crippen molar-refractivity contribution in [1.29, 1.82) is 0 Å². The number of benzene rings is 3. The molecule has 1 atom stereocenters. The number of rotatable bonds is 13. The van der Waals surface area contributed by atoms with Crippen molar-refractivity contribution >= 4 is 27.5 Å². The largest absolute Gasteiger partial charge is 0.497 e. The quantitative estimate of drug-likeness (QED) is 0.320. The van der Waals surface area contributed by atoms with E-state index in [1.54, 1.807) is 43.5 Å². The minimum absolute atomic E-state index is 0.0807. The second-order valence-electron chi connectivity index (χ2n) is 9.70. The van der Waals surface area contributed by atoms with Crippen LogP contribution < -0.4 is 14.4 Å². The van der Waals surface area contributed by atoms with Gasteiger partial charge in [-0.1, -0.05) is 61.9 Å². The number of anilines is 1. The number of ether oxygens (including phenoxy) is 1. The molecule has 3 aromatic rings. The molecule has 0 saturated heterocycles. The van der Waals surface area contributed by atoms with E-state index >= 15 is 0 Å². The summed E-state index contributed by atoms with van der Waals surface area (Å²) in [5.74, 6) is -0.0756. The zero-order valence-electron chi connectivity index (χ0n) is 23.9. The maximum atomic E-state index is 14.1. The van der Waals surface area contributed by atoms with E-state index in [1.807, 2.05) is 52.0 Å². The maximum Gasteiger partial charge on any atom is 0.264 e. The van der Waals surface area contributed by atoms with Gasteiger partial charge in [0, 0.05) is 13.1 Å². The Morgan fingerprint density at radius 2 is 1.62 bits per heavy atom. The number of hydrogen-bond acceptors (Lipinski definition) is 5. The van der Waals surface area contributed by atoms with Crippen molar-refractivity contribution < 1.29 is 22.7 Å². The van der Waals surface area contributed by atoms with Crippen LogP contribution in [0.2, 0.25) is 0 Å². The molecule has 0 heterocycles. The maximum absolute atomic E-state index is 14.1. The van der Waals surface area contributed by atoms with Gasteiger partial charge in [0.15, 0.2) is 0 Å². The summed E-state index contributed by atoms with van der Waals surface area (Å²) in [5.41, 5.74) is 2.90. The van der Waals surface area contributed by atoms with Gasteiger partial charge in [-0.15, -0.1) is 0 Å². The zero-order chi connectivity index (χ0) is 29.3. The summed E-state index contributed by atoms with van der Waals surface area (Å²) in [7, 11) is -2.52. The number of amides is 2. The topological polar surface area (TPSA) is 96.0 Å². The van der Waals surface area contributed by atoms with Gasteiger partial charge in [0.25, 0.3) is 10.0 Å². The fraction of sp³-hybridized carbons (Fsp3) is 0.355. The summed E-state index contributed by atoms with van der Waals surface area (Å²) >= 11 is 0. The smallest absolute Gasteiger partial charge is 0.264 e. The van der Waals surface area contributed by atoms with E-state index < -0.39 is 28.5 Å². The van der Waals surface area contributed by atoms with Crippen LogP contribution in [0.25, 0.3) is 0 Å². The van der Waals surface area contributed by atoms with Crippen molar-refractivity contribution in [2.24, 2.45) is 0 Å². The molecule has 0 bridgehead atoms. The molecule has 214 valence electrons. The summed E-state index contributed by atoms with van der Waals surface area (Å²) in [6.07, 6.45) is 1.12. The van der Waals surface area contributed by atoms with E-state index in [4.69, 9.17) is 4.74 Å². The molecule has 3 rings (SSSR count). The van der Waals surface area contributed by atoms with E-state index in [-0.39, 0.29) is 17.3 Å². The monoisotopic (exact) mass is 565 g/mol. The number of nitrogens with one attached hydrogen (secondary N) is 1. The Hall–Kier alpha value is -3.85. The first kappa shape index (κ1) is 30.7. The second kappa shape index (κ2) is 14.0. The lowest BCUT2D eigenvalue weighted by Gasteiger charge is -2.33. The van der Waals surface area contributed by atoms with E-state index in [2.05, 4.69) is 5.32 Å². The summed E-state index contributed by atoms with van der Waals surface area (Å²) < 4.78 is 34.3. The third-order valence-electron chi connectivity index (χ3n) is 6.68. The fourth-order valence-electron chi connectivity index (χ4n) is 4.53. The molecule has 40 heavy (non-hydrogen) atoms. The van der Waals surface area contributed by atoms with Crippen LogP contribution in [0.3, 0.4) is 0 Å². The number of methoxy groups -OCH3 is 1. The number of sulfonamides is 1. The molecule has 9 heteroatoms. The predicted octanol–water partition coefficient (Wildman–Crippen LogP) is 4.84. The number of carbonyl (C=O) groups is 2. The van der Waals surface area contributed by atoms with Crippen LogP contribution >= 0.6 is 0 Å². The van der Waals surface area contributed by atoms with E-state index in [0.29, 0.717) is 24.4 Å². The van der Waals surface area contributed by atoms with Crippen molar-refractivity contribution in [3.05, 3.63) is 89.5 Å². The Kier molecular flexibility index (Phi) is 10.7. The summed E-state index contributed by atoms with van der Waals surface area (Å²) in [5, 5.41) is 2.89. The van der Waals surface area contributed by atoms with E-state index in [9.17, 15) is 18.0 Å². The lowest BCUT2D eigenvalue weighted by atomic mass is 10.1. The number of aryl methyl sites for hydroxylation is 2. The molecule has 0 spiro atoms. The van der Waals surface area contributed by atoms with Crippen LogP contribution in [0.15, 0.2) is 77.7 Å². The minimum atomic E-state index is -4.10. The predicted molar refractivity (Wildman–Crippen MR) is 158 cm³/mol. The van der Waals surface area contributed by atoms with Gasteiger partial charge in [-0.2, -0.15) is 0 Å². The Balaban J connectivity index is 2.06. The van der Waals surface area contributed by atoms with Crippen LogP contribution in [0.5, 0.6) is 5.75 Å². The van der Waals surface area contributed by atoms with Crippen LogP contribution in [0, 0.1) is 13.8 Å². The zero-order valence-corrected chi connectivity index (χ0v) is 24.7. The van der Waals surface area contributed by atoms with Gasteiger partial charge in [0.05, 0.1) is 17.7 Å². The summed E-state index contributed by atoms with van der Waals surface area (Å²) in [6, 6.07) is 20.0. The molecule has 0 aliphatic heterocycles. The van der Waals surface area contributed by atoms with Gasteiger partial charge >= 0.3 is 0 Å². The third-order valence-corrected chi connectivity index (χ3v) is 8.45.